The zero-order valence-electron chi connectivity index (χ0n) is 10.3. The summed E-state index contributed by atoms with van der Waals surface area (Å²) in [5.41, 5.74) is 0. The Morgan fingerprint density at radius 1 is 1.29 bits per heavy atom. The van der Waals surface area contributed by atoms with E-state index in [1.165, 1.54) is 37.1 Å². The molecule has 0 spiro atoms. The van der Waals surface area contributed by atoms with E-state index in [-0.39, 0.29) is 0 Å². The molecule has 1 atom stereocenters. The average Bonchev–Trinajstić information content (AvgIpc) is 3.20. The summed E-state index contributed by atoms with van der Waals surface area (Å²) in [5.74, 6) is 3.02. The van der Waals surface area contributed by atoms with Crippen LogP contribution in [0.1, 0.15) is 43.5 Å². The van der Waals surface area contributed by atoms with Crippen LogP contribution in [0.5, 0.6) is 0 Å². The molecule has 17 heavy (non-hydrogen) atoms. The van der Waals surface area contributed by atoms with Crippen molar-refractivity contribution in [3.8, 4) is 0 Å². The maximum Gasteiger partial charge on any atom is 0.0931 e. The van der Waals surface area contributed by atoms with Crippen molar-refractivity contribution >= 4 is 22.9 Å². The van der Waals surface area contributed by atoms with Gasteiger partial charge in [0.15, 0.2) is 0 Å². The van der Waals surface area contributed by atoms with E-state index in [1.807, 2.05) is 6.07 Å². The van der Waals surface area contributed by atoms with Crippen LogP contribution in [0.25, 0.3) is 0 Å². The summed E-state index contributed by atoms with van der Waals surface area (Å²) in [6.45, 7) is 3.45. The van der Waals surface area contributed by atoms with E-state index in [0.717, 1.165) is 22.1 Å². The summed E-state index contributed by atoms with van der Waals surface area (Å²) >= 11 is 7.68. The monoisotopic (exact) mass is 269 g/mol. The van der Waals surface area contributed by atoms with Crippen molar-refractivity contribution in [2.75, 3.05) is 6.54 Å². The molecule has 1 aromatic rings. The first kappa shape index (κ1) is 12.0. The molecule has 94 valence electrons. The quantitative estimate of drug-likeness (QED) is 0.802. The van der Waals surface area contributed by atoms with Crippen LogP contribution in [0.3, 0.4) is 0 Å². The molecule has 1 unspecified atom stereocenters. The lowest BCUT2D eigenvalue weighted by Crippen LogP contribution is -2.27. The molecule has 0 saturated heterocycles. The predicted octanol–water partition coefficient (Wildman–Crippen LogP) is 4.49. The second-order valence-corrected chi connectivity index (χ2v) is 7.36. The molecule has 1 aromatic heterocycles. The van der Waals surface area contributed by atoms with Crippen molar-refractivity contribution in [3.63, 3.8) is 0 Å². The summed E-state index contributed by atoms with van der Waals surface area (Å²) in [6.07, 6.45) is 5.90. The molecule has 0 aliphatic heterocycles. The Labute approximate surface area is 113 Å². The fourth-order valence-corrected chi connectivity index (χ4v) is 3.83. The van der Waals surface area contributed by atoms with Crippen molar-refractivity contribution in [2.24, 2.45) is 17.8 Å². The van der Waals surface area contributed by atoms with Crippen molar-refractivity contribution in [2.45, 2.75) is 38.6 Å². The SMILES string of the molecule is CC(NCC(C1CC1)C1CC1)c1ccc(Cl)s1. The number of nitrogens with one attached hydrogen (secondary N) is 1. The highest BCUT2D eigenvalue weighted by atomic mass is 35.5. The van der Waals surface area contributed by atoms with Gasteiger partial charge in [-0.25, -0.2) is 0 Å². The van der Waals surface area contributed by atoms with Gasteiger partial charge in [0.1, 0.15) is 0 Å². The third kappa shape index (κ3) is 3.04. The van der Waals surface area contributed by atoms with Crippen LogP contribution in [0.2, 0.25) is 4.34 Å². The molecule has 0 aromatic carbocycles. The largest absolute Gasteiger partial charge is 0.309 e. The van der Waals surface area contributed by atoms with E-state index in [4.69, 9.17) is 11.6 Å². The van der Waals surface area contributed by atoms with Gasteiger partial charge >= 0.3 is 0 Å². The van der Waals surface area contributed by atoms with Gasteiger partial charge in [-0.2, -0.15) is 0 Å². The predicted molar refractivity (Wildman–Crippen MR) is 74.7 cm³/mol. The molecule has 2 fully saturated rings. The lowest BCUT2D eigenvalue weighted by Gasteiger charge is -2.19. The van der Waals surface area contributed by atoms with Crippen LogP contribution in [-0.2, 0) is 0 Å². The minimum absolute atomic E-state index is 0.451. The minimum atomic E-state index is 0.451. The van der Waals surface area contributed by atoms with Gasteiger partial charge < -0.3 is 5.32 Å². The third-order valence-electron chi connectivity index (χ3n) is 4.14. The van der Waals surface area contributed by atoms with Crippen molar-refractivity contribution in [1.82, 2.24) is 5.32 Å². The van der Waals surface area contributed by atoms with Crippen LogP contribution in [0.15, 0.2) is 12.1 Å². The number of halogens is 1. The fraction of sp³-hybridized carbons (Fsp3) is 0.714. The Kier molecular flexibility index (Phi) is 3.47. The molecule has 0 radical (unpaired) electrons. The number of rotatable bonds is 6. The van der Waals surface area contributed by atoms with Gasteiger partial charge in [0.25, 0.3) is 0 Å². The lowest BCUT2D eigenvalue weighted by atomic mass is 9.97. The second kappa shape index (κ2) is 4.91. The Balaban J connectivity index is 1.52. The molecule has 1 nitrogen and oxygen atoms in total. The standard InChI is InChI=1S/C14H20ClNS/c1-9(13-6-7-14(15)17-13)16-8-12(10-2-3-10)11-4-5-11/h6-7,9-12,16H,2-5,8H2,1H3. The molecular weight excluding hydrogens is 250 g/mol. The summed E-state index contributed by atoms with van der Waals surface area (Å²) < 4.78 is 0.898. The molecule has 1 N–H and O–H groups in total. The van der Waals surface area contributed by atoms with Crippen molar-refractivity contribution < 1.29 is 0 Å². The van der Waals surface area contributed by atoms with Crippen LogP contribution in [0, 0.1) is 17.8 Å². The van der Waals surface area contributed by atoms with Crippen LogP contribution >= 0.6 is 22.9 Å². The van der Waals surface area contributed by atoms with Gasteiger partial charge in [-0.15, -0.1) is 11.3 Å². The summed E-state index contributed by atoms with van der Waals surface area (Å²) in [6, 6.07) is 4.60. The second-order valence-electron chi connectivity index (χ2n) is 5.61. The molecule has 2 aliphatic rings. The highest BCUT2D eigenvalue weighted by Crippen LogP contribution is 2.49. The first-order valence-electron chi connectivity index (χ1n) is 6.72. The fourth-order valence-electron chi connectivity index (χ4n) is 2.74. The number of thiophene rings is 1. The van der Waals surface area contributed by atoms with Crippen LogP contribution in [0.4, 0.5) is 0 Å². The normalized spacial score (nSPS) is 22.1. The summed E-state index contributed by atoms with van der Waals surface area (Å²) in [7, 11) is 0. The Hall–Kier alpha value is -0.0500. The maximum absolute atomic E-state index is 5.98. The summed E-state index contributed by atoms with van der Waals surface area (Å²) in [5, 5.41) is 3.71. The van der Waals surface area contributed by atoms with Gasteiger partial charge in [0.05, 0.1) is 4.34 Å². The average molecular weight is 270 g/mol. The maximum atomic E-state index is 5.98. The van der Waals surface area contributed by atoms with Crippen molar-refractivity contribution in [3.05, 3.63) is 21.3 Å². The molecule has 2 aliphatic carbocycles. The first-order valence-corrected chi connectivity index (χ1v) is 7.92. The van der Waals surface area contributed by atoms with E-state index in [0.29, 0.717) is 6.04 Å². The topological polar surface area (TPSA) is 12.0 Å². The highest BCUT2D eigenvalue weighted by molar-refractivity contribution is 7.16. The highest BCUT2D eigenvalue weighted by Gasteiger charge is 2.41. The van der Waals surface area contributed by atoms with E-state index in [2.05, 4.69) is 18.3 Å². The Bertz CT molecular complexity index is 369. The Morgan fingerprint density at radius 2 is 1.94 bits per heavy atom. The lowest BCUT2D eigenvalue weighted by molar-refractivity contribution is 0.363. The van der Waals surface area contributed by atoms with Gasteiger partial charge in [-0.1, -0.05) is 11.6 Å². The summed E-state index contributed by atoms with van der Waals surface area (Å²) in [4.78, 5) is 1.36. The van der Waals surface area contributed by atoms with Crippen LogP contribution in [-0.4, -0.2) is 6.54 Å². The van der Waals surface area contributed by atoms with Gasteiger partial charge in [-0.05, 0) is 69.0 Å². The van der Waals surface area contributed by atoms with Gasteiger partial charge in [0, 0.05) is 10.9 Å². The smallest absolute Gasteiger partial charge is 0.0931 e. The number of hydrogen-bond acceptors (Lipinski definition) is 2. The van der Waals surface area contributed by atoms with Gasteiger partial charge in [0.2, 0.25) is 0 Å². The molecule has 3 heteroatoms. The molecule has 3 rings (SSSR count). The minimum Gasteiger partial charge on any atom is -0.309 e. The van der Waals surface area contributed by atoms with E-state index in [1.54, 1.807) is 11.3 Å². The third-order valence-corrected chi connectivity index (χ3v) is 5.55. The first-order chi connectivity index (χ1) is 8.24. The van der Waals surface area contributed by atoms with Crippen molar-refractivity contribution in [1.29, 1.82) is 0 Å². The molecule has 0 amide bonds. The zero-order valence-corrected chi connectivity index (χ0v) is 11.9. The van der Waals surface area contributed by atoms with Crippen LogP contribution < -0.4 is 5.32 Å². The molecule has 0 bridgehead atoms. The molecule has 2 saturated carbocycles. The van der Waals surface area contributed by atoms with E-state index < -0.39 is 0 Å². The van der Waals surface area contributed by atoms with E-state index in [9.17, 15) is 0 Å². The Morgan fingerprint density at radius 3 is 2.41 bits per heavy atom. The molecule has 1 heterocycles. The number of hydrogen-bond donors (Lipinski definition) is 1. The van der Waals surface area contributed by atoms with Gasteiger partial charge in [-0.3, -0.25) is 0 Å². The molecular formula is C14H20ClNS. The zero-order chi connectivity index (χ0) is 11.8. The van der Waals surface area contributed by atoms with E-state index >= 15 is 0 Å².